The van der Waals surface area contributed by atoms with Gasteiger partial charge >= 0.3 is 6.03 Å². The van der Waals surface area contributed by atoms with Gasteiger partial charge in [0.05, 0.1) is 24.5 Å². The number of carbonyl (C=O) groups is 2. The van der Waals surface area contributed by atoms with Crippen molar-refractivity contribution in [2.75, 3.05) is 45.3 Å². The van der Waals surface area contributed by atoms with Gasteiger partial charge in [-0.15, -0.1) is 11.3 Å². The van der Waals surface area contributed by atoms with E-state index in [0.717, 1.165) is 23.4 Å². The van der Waals surface area contributed by atoms with Crippen molar-refractivity contribution in [3.63, 3.8) is 0 Å². The predicted molar refractivity (Wildman–Crippen MR) is 140 cm³/mol. The molecule has 9 nitrogen and oxygen atoms in total. The summed E-state index contributed by atoms with van der Waals surface area (Å²) in [6, 6.07) is 10.7. The molecule has 0 fully saturated rings. The Labute approximate surface area is 209 Å². The number of nitrogens with two attached hydrogens (primary N) is 1. The zero-order valence-corrected chi connectivity index (χ0v) is 21.0. The molecule has 10 heteroatoms. The number of hydrogen-bond donors (Lipinski definition) is 4. The van der Waals surface area contributed by atoms with Crippen LogP contribution in [0.15, 0.2) is 53.4 Å². The second-order valence-electron chi connectivity index (χ2n) is 8.31. The number of rotatable bonds is 11. The van der Waals surface area contributed by atoms with Crippen LogP contribution in [0.1, 0.15) is 34.1 Å². The third-order valence-corrected chi connectivity index (χ3v) is 6.15. The molecular formula is C25H32N6O3S. The standard InChI is InChI=1S/C25H32N6O3S/c1-31(2)13-11-21(30-25(33)27-12-10-17-4-7-19(34-3)8-5-17)18-6-9-22(28-14-18)24(32)29-23-16-35-15-20(23)26/h4-9,14-16,21H,10-13,26H2,1-3H3,(H,29,32)(H2,27,30,33). The molecule has 0 aliphatic carbocycles. The number of ether oxygens (including phenoxy) is 1. The quantitative estimate of drug-likeness (QED) is 0.322. The number of carbonyl (C=O) groups excluding carboxylic acids is 2. The van der Waals surface area contributed by atoms with Gasteiger partial charge in [-0.2, -0.15) is 0 Å². The Morgan fingerprint density at radius 1 is 1.14 bits per heavy atom. The van der Waals surface area contributed by atoms with Gasteiger partial charge in [-0.05, 0) is 62.8 Å². The maximum absolute atomic E-state index is 12.6. The summed E-state index contributed by atoms with van der Waals surface area (Å²) in [7, 11) is 5.59. The fraction of sp³-hybridized carbons (Fsp3) is 0.320. The molecule has 0 saturated heterocycles. The molecule has 3 rings (SSSR count). The van der Waals surface area contributed by atoms with Gasteiger partial charge in [-0.3, -0.25) is 9.78 Å². The number of thiophene rings is 1. The van der Waals surface area contributed by atoms with Crippen molar-refractivity contribution in [1.82, 2.24) is 20.5 Å². The van der Waals surface area contributed by atoms with E-state index in [9.17, 15) is 9.59 Å². The van der Waals surface area contributed by atoms with Gasteiger partial charge in [0.25, 0.3) is 5.91 Å². The number of amides is 3. The van der Waals surface area contributed by atoms with E-state index in [1.165, 1.54) is 11.3 Å². The van der Waals surface area contributed by atoms with E-state index in [1.807, 2.05) is 44.4 Å². The van der Waals surface area contributed by atoms with Crippen molar-refractivity contribution in [3.05, 3.63) is 70.2 Å². The van der Waals surface area contributed by atoms with Crippen molar-refractivity contribution in [2.24, 2.45) is 0 Å². The highest BCUT2D eigenvalue weighted by molar-refractivity contribution is 7.09. The van der Waals surface area contributed by atoms with Crippen molar-refractivity contribution in [3.8, 4) is 5.75 Å². The Balaban J connectivity index is 1.58. The summed E-state index contributed by atoms with van der Waals surface area (Å²) in [6.45, 7) is 1.28. The lowest BCUT2D eigenvalue weighted by Crippen LogP contribution is -2.39. The van der Waals surface area contributed by atoms with E-state index in [-0.39, 0.29) is 23.7 Å². The highest BCUT2D eigenvalue weighted by Crippen LogP contribution is 2.23. The zero-order valence-electron chi connectivity index (χ0n) is 20.2. The van der Waals surface area contributed by atoms with E-state index < -0.39 is 0 Å². The monoisotopic (exact) mass is 496 g/mol. The van der Waals surface area contributed by atoms with Crippen LogP contribution in [0.5, 0.6) is 5.75 Å². The van der Waals surface area contributed by atoms with Crippen LogP contribution in [0.4, 0.5) is 16.2 Å². The molecule has 3 amide bonds. The molecule has 0 saturated carbocycles. The molecule has 1 unspecified atom stereocenters. The highest BCUT2D eigenvalue weighted by Gasteiger charge is 2.17. The van der Waals surface area contributed by atoms with E-state index in [2.05, 4.69) is 25.8 Å². The van der Waals surface area contributed by atoms with Crippen molar-refractivity contribution in [2.45, 2.75) is 18.9 Å². The third kappa shape index (κ3) is 7.97. The maximum Gasteiger partial charge on any atom is 0.315 e. The molecule has 2 aromatic heterocycles. The van der Waals surface area contributed by atoms with E-state index in [4.69, 9.17) is 10.5 Å². The van der Waals surface area contributed by atoms with Crippen molar-refractivity contribution in [1.29, 1.82) is 0 Å². The van der Waals surface area contributed by atoms with Crippen LogP contribution < -0.4 is 26.4 Å². The molecule has 1 atom stereocenters. The van der Waals surface area contributed by atoms with Gasteiger partial charge in [0, 0.05) is 23.5 Å². The van der Waals surface area contributed by atoms with Gasteiger partial charge < -0.3 is 31.3 Å². The number of nitrogens with zero attached hydrogens (tertiary/aromatic N) is 2. The molecule has 1 aromatic carbocycles. The number of pyridine rings is 1. The Hall–Kier alpha value is -3.63. The third-order valence-electron chi connectivity index (χ3n) is 5.39. The first-order valence-electron chi connectivity index (χ1n) is 11.3. The summed E-state index contributed by atoms with van der Waals surface area (Å²) in [5.41, 5.74) is 9.13. The van der Waals surface area contributed by atoms with Gasteiger partial charge in [0.15, 0.2) is 0 Å². The Morgan fingerprint density at radius 2 is 1.91 bits per heavy atom. The fourth-order valence-corrected chi connectivity index (χ4v) is 4.04. The average molecular weight is 497 g/mol. The SMILES string of the molecule is COc1ccc(CCNC(=O)NC(CCN(C)C)c2ccc(C(=O)Nc3cscc3N)nc2)cc1. The molecule has 35 heavy (non-hydrogen) atoms. The Morgan fingerprint density at radius 3 is 2.51 bits per heavy atom. The van der Waals surface area contributed by atoms with E-state index in [1.54, 1.807) is 30.1 Å². The number of aromatic nitrogens is 1. The minimum atomic E-state index is -0.337. The first-order chi connectivity index (χ1) is 16.9. The molecule has 3 aromatic rings. The molecule has 0 spiro atoms. The summed E-state index contributed by atoms with van der Waals surface area (Å²) in [5.74, 6) is 0.464. The Bertz CT molecular complexity index is 1100. The van der Waals surface area contributed by atoms with Crippen LogP contribution in [0.3, 0.4) is 0 Å². The van der Waals surface area contributed by atoms with Crippen LogP contribution in [-0.2, 0) is 6.42 Å². The second-order valence-corrected chi connectivity index (χ2v) is 9.06. The molecular weight excluding hydrogens is 464 g/mol. The minimum Gasteiger partial charge on any atom is -0.497 e. The molecule has 0 radical (unpaired) electrons. The zero-order chi connectivity index (χ0) is 25.2. The number of benzene rings is 1. The first kappa shape index (κ1) is 26.0. The summed E-state index contributed by atoms with van der Waals surface area (Å²) in [6.07, 6.45) is 3.03. The van der Waals surface area contributed by atoms with Crippen molar-refractivity contribution < 1.29 is 14.3 Å². The number of anilines is 2. The molecule has 5 N–H and O–H groups in total. The summed E-state index contributed by atoms with van der Waals surface area (Å²) < 4.78 is 5.17. The molecule has 2 heterocycles. The van der Waals surface area contributed by atoms with Gasteiger partial charge in [-0.1, -0.05) is 18.2 Å². The van der Waals surface area contributed by atoms with Crippen LogP contribution >= 0.6 is 11.3 Å². The lowest BCUT2D eigenvalue weighted by molar-refractivity contribution is 0.102. The predicted octanol–water partition coefficient (Wildman–Crippen LogP) is 3.52. The van der Waals surface area contributed by atoms with Gasteiger partial charge in [0.2, 0.25) is 0 Å². The largest absolute Gasteiger partial charge is 0.497 e. The normalized spacial score (nSPS) is 11.7. The number of urea groups is 1. The molecule has 186 valence electrons. The molecule has 0 bridgehead atoms. The smallest absolute Gasteiger partial charge is 0.315 e. The van der Waals surface area contributed by atoms with Crippen LogP contribution in [0.25, 0.3) is 0 Å². The highest BCUT2D eigenvalue weighted by atomic mass is 32.1. The summed E-state index contributed by atoms with van der Waals surface area (Å²) in [5, 5.41) is 12.2. The topological polar surface area (TPSA) is 122 Å². The second kappa shape index (κ2) is 12.7. The van der Waals surface area contributed by atoms with Crippen molar-refractivity contribution >= 4 is 34.6 Å². The van der Waals surface area contributed by atoms with E-state index in [0.29, 0.717) is 30.8 Å². The minimum absolute atomic E-state index is 0.253. The van der Waals surface area contributed by atoms with Gasteiger partial charge in [0.1, 0.15) is 11.4 Å². The summed E-state index contributed by atoms with van der Waals surface area (Å²) >= 11 is 1.41. The van der Waals surface area contributed by atoms with E-state index >= 15 is 0 Å². The lowest BCUT2D eigenvalue weighted by atomic mass is 10.1. The summed E-state index contributed by atoms with van der Waals surface area (Å²) in [4.78, 5) is 31.5. The fourth-order valence-electron chi connectivity index (χ4n) is 3.37. The lowest BCUT2D eigenvalue weighted by Gasteiger charge is -2.21. The van der Waals surface area contributed by atoms with Gasteiger partial charge in [-0.25, -0.2) is 4.79 Å². The maximum atomic E-state index is 12.6. The van der Waals surface area contributed by atoms with Crippen LogP contribution in [0, 0.1) is 0 Å². The van der Waals surface area contributed by atoms with Crippen LogP contribution in [0.2, 0.25) is 0 Å². The number of hydrogen-bond acceptors (Lipinski definition) is 7. The average Bonchev–Trinajstić information content (AvgIpc) is 3.26. The molecule has 0 aliphatic rings. The number of nitrogen functional groups attached to an aromatic ring is 1. The number of nitrogens with one attached hydrogen (secondary N) is 3. The number of methoxy groups -OCH3 is 1. The van der Waals surface area contributed by atoms with Crippen LogP contribution in [-0.4, -0.2) is 56.1 Å². The Kier molecular flexibility index (Phi) is 9.45. The first-order valence-corrected chi connectivity index (χ1v) is 12.2. The molecule has 0 aliphatic heterocycles.